The van der Waals surface area contributed by atoms with Crippen LogP contribution >= 0.6 is 12.4 Å². The molecule has 10 rings (SSSR count). The standard InChI is InChI=1S/C22H18FN7O3.C12H8FN5O3.C11H14N2O.ClH/c23-16-13-25-20(30-7-6-26-27-30)18-17(16)15(12-24-18)19(31)22(33)29-10-8-28(9-11-29)21(32)14-4-2-1-3-5-14;1-21-12(20)10(19)6-4-14-9-8(6)7(13)5-15-11(9)18-3-2-16-17-18;14-11(10-4-2-1-3-5-10)13-8-6-12-7-9-13;/h1-7,12-13,24H,8-11H2;2-5,14H,1H3;1-5,12H,6-9H2;1H. The molecule has 3 N–H and O–H groups in total. The molecule has 8 heterocycles. The Bertz CT molecular complexity index is 3100. The van der Waals surface area contributed by atoms with Gasteiger partial charge in [0, 0.05) is 75.9 Å². The zero-order chi connectivity index (χ0) is 47.7. The van der Waals surface area contributed by atoms with Gasteiger partial charge in [0.05, 0.1) is 77.2 Å². The van der Waals surface area contributed by atoms with Crippen LogP contribution in [-0.2, 0) is 14.3 Å². The summed E-state index contributed by atoms with van der Waals surface area (Å²) in [5.41, 5.74) is 1.61. The molecule has 0 radical (unpaired) electrons. The topological polar surface area (TPSA) is 252 Å². The number of halogens is 3. The fraction of sp³-hybridized carbons (Fsp3) is 0.200. The molecule has 0 unspecified atom stereocenters. The lowest BCUT2D eigenvalue weighted by Gasteiger charge is -2.34. The maximum Gasteiger partial charge on any atom is 0.379 e. The van der Waals surface area contributed by atoms with Crippen molar-refractivity contribution >= 4 is 69.5 Å². The summed E-state index contributed by atoms with van der Waals surface area (Å²) in [6.45, 7) is 4.45. The number of carbonyl (C=O) groups excluding carboxylic acids is 6. The SMILES string of the molecule is COC(=O)C(=O)c1c[nH]c2c(-n3ccnn3)ncc(F)c12.Cl.O=C(C(=O)N1CCN(C(=O)c2ccccc2)CC1)c1c[nH]c2c(-n3ccnn3)ncc(F)c12.O=C(c1ccccc1)N1CCNCC1. The van der Waals surface area contributed by atoms with Gasteiger partial charge in [0.25, 0.3) is 29.3 Å². The summed E-state index contributed by atoms with van der Waals surface area (Å²) in [6.07, 6.45) is 10.4. The van der Waals surface area contributed by atoms with Crippen LogP contribution in [-0.4, -0.2) is 159 Å². The number of H-pyrrole nitrogens is 2. The lowest BCUT2D eigenvalue weighted by molar-refractivity contribution is -0.135. The number of piperazine rings is 2. The van der Waals surface area contributed by atoms with Gasteiger partial charge in [-0.2, -0.15) is 0 Å². The highest BCUT2D eigenvalue weighted by atomic mass is 35.5. The first kappa shape index (κ1) is 48.4. The second-order valence-corrected chi connectivity index (χ2v) is 15.0. The molecule has 2 aromatic carbocycles. The van der Waals surface area contributed by atoms with Crippen LogP contribution in [0.5, 0.6) is 0 Å². The number of fused-ring (bicyclic) bond motifs is 2. The lowest BCUT2D eigenvalue weighted by atomic mass is 10.1. The van der Waals surface area contributed by atoms with Crippen molar-refractivity contribution in [1.29, 1.82) is 0 Å². The molecule has 3 amide bonds. The van der Waals surface area contributed by atoms with E-state index in [4.69, 9.17) is 0 Å². The second kappa shape index (κ2) is 21.8. The van der Waals surface area contributed by atoms with E-state index < -0.39 is 35.1 Å². The molecule has 0 saturated carbocycles. The summed E-state index contributed by atoms with van der Waals surface area (Å²) in [7, 11) is 1.08. The number of pyridine rings is 2. The number of ketones is 2. The number of carbonyl (C=O) groups is 6. The number of ether oxygens (including phenoxy) is 1. The molecule has 0 aliphatic carbocycles. The van der Waals surface area contributed by atoms with Crippen LogP contribution in [0.4, 0.5) is 8.78 Å². The van der Waals surface area contributed by atoms with Gasteiger partial charge in [0.15, 0.2) is 23.3 Å². The molecule has 8 aromatic rings. The molecular weight excluding hydrogens is 922 g/mol. The van der Waals surface area contributed by atoms with Crippen LogP contribution in [0.2, 0.25) is 0 Å². The van der Waals surface area contributed by atoms with Gasteiger partial charge in [-0.3, -0.25) is 24.0 Å². The van der Waals surface area contributed by atoms with Crippen molar-refractivity contribution in [2.24, 2.45) is 0 Å². The Kier molecular flexibility index (Phi) is 15.3. The van der Waals surface area contributed by atoms with E-state index in [0.717, 1.165) is 51.2 Å². The first-order valence-electron chi connectivity index (χ1n) is 21.0. The molecule has 2 aliphatic heterocycles. The van der Waals surface area contributed by atoms with E-state index in [2.05, 4.69) is 50.6 Å². The van der Waals surface area contributed by atoms with E-state index in [1.165, 1.54) is 51.4 Å². The molecule has 354 valence electrons. The summed E-state index contributed by atoms with van der Waals surface area (Å²) in [5.74, 6) is -4.54. The fourth-order valence-corrected chi connectivity index (χ4v) is 7.51. The van der Waals surface area contributed by atoms with Crippen molar-refractivity contribution in [1.82, 2.24) is 69.9 Å². The number of methoxy groups -OCH3 is 1. The Balaban J connectivity index is 0.000000167. The van der Waals surface area contributed by atoms with Crippen LogP contribution in [0.1, 0.15) is 41.4 Å². The number of benzene rings is 2. The highest BCUT2D eigenvalue weighted by molar-refractivity contribution is 6.45. The molecule has 2 saturated heterocycles. The summed E-state index contributed by atoms with van der Waals surface area (Å²) < 4.78 is 35.6. The minimum Gasteiger partial charge on any atom is -0.463 e. The third kappa shape index (κ3) is 10.4. The predicted octanol–water partition coefficient (Wildman–Crippen LogP) is 3.24. The minimum atomic E-state index is -1.07. The van der Waals surface area contributed by atoms with Crippen molar-refractivity contribution in [2.45, 2.75) is 0 Å². The number of hydrogen-bond donors (Lipinski definition) is 3. The average molecular weight is 963 g/mol. The number of Topliss-reactive ketones (excluding diaryl/α,β-unsaturated/α-hetero) is 2. The van der Waals surface area contributed by atoms with Gasteiger partial charge < -0.3 is 34.7 Å². The largest absolute Gasteiger partial charge is 0.463 e. The Morgan fingerprint density at radius 2 is 1.03 bits per heavy atom. The zero-order valence-electron chi connectivity index (χ0n) is 36.5. The summed E-state index contributed by atoms with van der Waals surface area (Å²) in [4.78, 5) is 92.0. The number of nitrogens with one attached hydrogen (secondary N) is 3. The first-order valence-corrected chi connectivity index (χ1v) is 21.0. The number of esters is 1. The second-order valence-electron chi connectivity index (χ2n) is 15.0. The Morgan fingerprint density at radius 3 is 1.46 bits per heavy atom. The maximum atomic E-state index is 14.6. The van der Waals surface area contributed by atoms with Crippen molar-refractivity contribution in [3.63, 3.8) is 0 Å². The van der Waals surface area contributed by atoms with Crippen molar-refractivity contribution in [3.05, 3.63) is 144 Å². The molecule has 24 heteroatoms. The van der Waals surface area contributed by atoms with Gasteiger partial charge in [0.1, 0.15) is 0 Å². The van der Waals surface area contributed by atoms with Crippen LogP contribution in [0.15, 0.2) is 110 Å². The molecule has 21 nitrogen and oxygen atoms in total. The van der Waals surface area contributed by atoms with Gasteiger partial charge >= 0.3 is 5.97 Å². The van der Waals surface area contributed by atoms with Crippen molar-refractivity contribution < 1.29 is 42.3 Å². The molecule has 2 aliphatic rings. The van der Waals surface area contributed by atoms with Gasteiger partial charge in [0.2, 0.25) is 0 Å². The first-order chi connectivity index (χ1) is 33.0. The van der Waals surface area contributed by atoms with E-state index in [0.29, 0.717) is 18.7 Å². The predicted molar refractivity (Wildman–Crippen MR) is 244 cm³/mol. The third-order valence-corrected chi connectivity index (χ3v) is 10.9. The van der Waals surface area contributed by atoms with Gasteiger partial charge in [-0.15, -0.1) is 22.6 Å². The molecule has 69 heavy (non-hydrogen) atoms. The number of nitrogens with zero attached hydrogens (tertiary/aromatic N) is 11. The van der Waals surface area contributed by atoms with E-state index in [-0.39, 0.29) is 81.9 Å². The zero-order valence-corrected chi connectivity index (χ0v) is 37.3. The number of aromatic amines is 2. The van der Waals surface area contributed by atoms with Gasteiger partial charge in [-0.05, 0) is 24.3 Å². The number of rotatable bonds is 8. The Labute approximate surface area is 395 Å². The average Bonchev–Trinajstić information content (AvgIpc) is 4.26. The Hall–Kier alpha value is -8.57. The lowest BCUT2D eigenvalue weighted by Crippen LogP contribution is -2.52. The molecule has 0 bridgehead atoms. The van der Waals surface area contributed by atoms with Crippen LogP contribution < -0.4 is 5.32 Å². The molecule has 2 fully saturated rings. The molecule has 0 spiro atoms. The van der Waals surface area contributed by atoms with Crippen molar-refractivity contribution in [3.8, 4) is 11.6 Å². The van der Waals surface area contributed by atoms with Gasteiger partial charge in [-0.25, -0.2) is 32.9 Å². The van der Waals surface area contributed by atoms with E-state index in [9.17, 15) is 37.5 Å². The van der Waals surface area contributed by atoms with E-state index in [1.54, 1.807) is 29.2 Å². The van der Waals surface area contributed by atoms with Crippen LogP contribution in [0, 0.1) is 11.6 Å². The monoisotopic (exact) mass is 962 g/mol. The number of amides is 3. The van der Waals surface area contributed by atoms with Gasteiger partial charge in [-0.1, -0.05) is 46.8 Å². The smallest absolute Gasteiger partial charge is 0.379 e. The van der Waals surface area contributed by atoms with Crippen LogP contribution in [0.25, 0.3) is 33.4 Å². The van der Waals surface area contributed by atoms with Crippen molar-refractivity contribution in [2.75, 3.05) is 59.5 Å². The minimum absolute atomic E-state index is 0. The molecular formula is C45H41ClF2N14O7. The number of hydrogen-bond acceptors (Lipinski definition) is 14. The summed E-state index contributed by atoms with van der Waals surface area (Å²) in [5, 5.41) is 18.1. The highest BCUT2D eigenvalue weighted by Gasteiger charge is 2.32. The Morgan fingerprint density at radius 1 is 0.594 bits per heavy atom. The fourth-order valence-electron chi connectivity index (χ4n) is 7.51. The third-order valence-electron chi connectivity index (χ3n) is 10.9. The molecule has 0 atom stereocenters. The normalized spacial score (nSPS) is 13.3. The quantitative estimate of drug-likeness (QED) is 0.112. The number of aromatic nitrogens is 10. The summed E-state index contributed by atoms with van der Waals surface area (Å²) in [6, 6.07) is 18.3. The molecule has 6 aromatic heterocycles. The van der Waals surface area contributed by atoms with E-state index in [1.807, 2.05) is 41.3 Å². The maximum absolute atomic E-state index is 14.6. The van der Waals surface area contributed by atoms with Crippen LogP contribution in [0.3, 0.4) is 0 Å². The highest BCUT2D eigenvalue weighted by Crippen LogP contribution is 2.27. The van der Waals surface area contributed by atoms with E-state index >= 15 is 0 Å². The summed E-state index contributed by atoms with van der Waals surface area (Å²) >= 11 is 0.